The molecule has 1 nitrogen and oxygen atoms in total. The molecule has 0 aliphatic heterocycles. The number of hydrogen-bond acceptors (Lipinski definition) is 1. The molecule has 0 bridgehead atoms. The smallest absolute Gasteiger partial charge is 0.166 e. The lowest BCUT2D eigenvalue weighted by Crippen LogP contribution is -1.89. The number of halogens is 3. The van der Waals surface area contributed by atoms with Crippen molar-refractivity contribution in [3.8, 4) is 11.1 Å². The van der Waals surface area contributed by atoms with Crippen molar-refractivity contribution in [2.24, 2.45) is 0 Å². The first-order valence-electron chi connectivity index (χ1n) is 4.24. The quantitative estimate of drug-likeness (QED) is 0.675. The molecule has 4 heteroatoms. The van der Waals surface area contributed by atoms with E-state index in [2.05, 4.69) is 4.98 Å². The van der Waals surface area contributed by atoms with Crippen LogP contribution >= 0.6 is 11.6 Å². The highest BCUT2D eigenvalue weighted by Crippen LogP contribution is 2.25. The molecular formula is C11H6ClF2N. The molecule has 1 aromatic heterocycles. The molecule has 0 N–H and O–H groups in total. The van der Waals surface area contributed by atoms with Crippen LogP contribution in [0.2, 0.25) is 5.15 Å². The largest absolute Gasteiger partial charge is 0.245 e. The van der Waals surface area contributed by atoms with Gasteiger partial charge < -0.3 is 0 Å². The molecule has 0 unspecified atom stereocenters. The van der Waals surface area contributed by atoms with E-state index in [-0.39, 0.29) is 10.7 Å². The Balaban J connectivity index is 2.59. The Hall–Kier alpha value is -1.48. The van der Waals surface area contributed by atoms with Crippen molar-refractivity contribution in [1.29, 1.82) is 0 Å². The Morgan fingerprint density at radius 1 is 1.13 bits per heavy atom. The lowest BCUT2D eigenvalue weighted by Gasteiger charge is -2.03. The topological polar surface area (TPSA) is 12.9 Å². The van der Waals surface area contributed by atoms with Crippen LogP contribution in [0, 0.1) is 11.6 Å². The van der Waals surface area contributed by atoms with Crippen molar-refractivity contribution in [3.05, 3.63) is 53.3 Å². The Morgan fingerprint density at radius 3 is 2.67 bits per heavy atom. The molecule has 1 aromatic carbocycles. The summed E-state index contributed by atoms with van der Waals surface area (Å²) < 4.78 is 26.3. The van der Waals surface area contributed by atoms with Gasteiger partial charge in [-0.15, -0.1) is 0 Å². The maximum atomic E-state index is 13.4. The third kappa shape index (κ3) is 1.97. The Morgan fingerprint density at radius 2 is 1.93 bits per heavy atom. The van der Waals surface area contributed by atoms with E-state index in [1.165, 1.54) is 24.4 Å². The van der Waals surface area contributed by atoms with Crippen molar-refractivity contribution in [3.63, 3.8) is 0 Å². The number of aromatic nitrogens is 1. The van der Waals surface area contributed by atoms with E-state index in [0.29, 0.717) is 5.56 Å². The van der Waals surface area contributed by atoms with Gasteiger partial charge in [0.05, 0.1) is 0 Å². The molecule has 0 radical (unpaired) electrons. The highest BCUT2D eigenvalue weighted by molar-refractivity contribution is 6.29. The fraction of sp³-hybridized carbons (Fsp3) is 0. The molecule has 15 heavy (non-hydrogen) atoms. The first-order valence-corrected chi connectivity index (χ1v) is 4.62. The molecular weight excluding hydrogens is 220 g/mol. The Kier molecular flexibility index (Phi) is 2.64. The summed E-state index contributed by atoms with van der Waals surface area (Å²) in [5.74, 6) is -1.75. The summed E-state index contributed by atoms with van der Waals surface area (Å²) in [5, 5.41) is 0.246. The second kappa shape index (κ2) is 3.95. The number of hydrogen-bond donors (Lipinski definition) is 0. The van der Waals surface area contributed by atoms with E-state index < -0.39 is 11.6 Å². The van der Waals surface area contributed by atoms with Gasteiger partial charge in [0.25, 0.3) is 0 Å². The first kappa shape index (κ1) is 10.1. The van der Waals surface area contributed by atoms with Crippen LogP contribution in [0.4, 0.5) is 8.78 Å². The zero-order valence-corrected chi connectivity index (χ0v) is 8.30. The number of nitrogens with zero attached hydrogens (tertiary/aromatic N) is 1. The molecule has 2 aromatic rings. The summed E-state index contributed by atoms with van der Waals surface area (Å²) in [4.78, 5) is 3.77. The van der Waals surface area contributed by atoms with Gasteiger partial charge in [-0.1, -0.05) is 23.7 Å². The van der Waals surface area contributed by atoms with Crippen LogP contribution in [0.1, 0.15) is 0 Å². The van der Waals surface area contributed by atoms with Crippen LogP contribution in [0.3, 0.4) is 0 Å². The van der Waals surface area contributed by atoms with Gasteiger partial charge in [-0.25, -0.2) is 13.8 Å². The van der Waals surface area contributed by atoms with Crippen LogP contribution in [0.15, 0.2) is 36.5 Å². The van der Waals surface area contributed by atoms with Gasteiger partial charge in [0.2, 0.25) is 0 Å². The number of benzene rings is 1. The minimum absolute atomic E-state index is 0.180. The van der Waals surface area contributed by atoms with Gasteiger partial charge in [-0.05, 0) is 23.8 Å². The van der Waals surface area contributed by atoms with Gasteiger partial charge >= 0.3 is 0 Å². The van der Waals surface area contributed by atoms with Gasteiger partial charge in [0, 0.05) is 11.8 Å². The predicted molar refractivity (Wildman–Crippen MR) is 54.6 cm³/mol. The second-order valence-corrected chi connectivity index (χ2v) is 3.36. The summed E-state index contributed by atoms with van der Waals surface area (Å²) in [6, 6.07) is 7.07. The standard InChI is InChI=1S/C11H6ClF2N/c12-10-6-7(4-5-15-10)8-2-1-3-9(13)11(8)14/h1-6H. The van der Waals surface area contributed by atoms with E-state index in [1.54, 1.807) is 6.07 Å². The summed E-state index contributed by atoms with van der Waals surface area (Å²) in [6.45, 7) is 0. The van der Waals surface area contributed by atoms with Gasteiger partial charge in [-0.2, -0.15) is 0 Å². The number of pyridine rings is 1. The molecule has 0 saturated carbocycles. The van der Waals surface area contributed by atoms with Crippen LogP contribution in [0.5, 0.6) is 0 Å². The molecule has 1 heterocycles. The van der Waals surface area contributed by atoms with Crippen molar-refractivity contribution in [2.45, 2.75) is 0 Å². The van der Waals surface area contributed by atoms with E-state index in [1.807, 2.05) is 0 Å². The molecule has 0 amide bonds. The molecule has 0 atom stereocenters. The second-order valence-electron chi connectivity index (χ2n) is 2.97. The molecule has 0 fully saturated rings. The lowest BCUT2D eigenvalue weighted by molar-refractivity contribution is 0.511. The highest BCUT2D eigenvalue weighted by atomic mass is 35.5. The fourth-order valence-corrected chi connectivity index (χ4v) is 1.47. The van der Waals surface area contributed by atoms with Crippen LogP contribution in [0.25, 0.3) is 11.1 Å². The van der Waals surface area contributed by atoms with E-state index in [4.69, 9.17) is 11.6 Å². The molecule has 0 aliphatic carbocycles. The molecule has 76 valence electrons. The summed E-state index contributed by atoms with van der Waals surface area (Å²) in [7, 11) is 0. The van der Waals surface area contributed by atoms with Crippen LogP contribution in [-0.2, 0) is 0 Å². The average Bonchev–Trinajstić information content (AvgIpc) is 2.22. The van der Waals surface area contributed by atoms with Crippen LogP contribution in [-0.4, -0.2) is 4.98 Å². The number of rotatable bonds is 1. The Labute approximate surface area is 90.3 Å². The minimum atomic E-state index is -0.875. The first-order chi connectivity index (χ1) is 7.18. The van der Waals surface area contributed by atoms with Gasteiger partial charge in [-0.3, -0.25) is 0 Å². The average molecular weight is 226 g/mol. The fourth-order valence-electron chi connectivity index (χ4n) is 1.30. The lowest BCUT2D eigenvalue weighted by atomic mass is 10.1. The molecule has 0 saturated heterocycles. The highest BCUT2D eigenvalue weighted by Gasteiger charge is 2.09. The maximum Gasteiger partial charge on any atom is 0.166 e. The predicted octanol–water partition coefficient (Wildman–Crippen LogP) is 3.68. The summed E-state index contributed by atoms with van der Waals surface area (Å²) >= 11 is 5.66. The summed E-state index contributed by atoms with van der Waals surface area (Å²) in [6.07, 6.45) is 1.45. The SMILES string of the molecule is Fc1cccc(-c2ccnc(Cl)c2)c1F. The van der Waals surface area contributed by atoms with E-state index >= 15 is 0 Å². The van der Waals surface area contributed by atoms with Crippen molar-refractivity contribution >= 4 is 11.6 Å². The molecule has 0 aliphatic rings. The van der Waals surface area contributed by atoms with E-state index in [0.717, 1.165) is 6.07 Å². The van der Waals surface area contributed by atoms with Crippen molar-refractivity contribution < 1.29 is 8.78 Å². The molecule has 0 spiro atoms. The Bertz CT molecular complexity index is 500. The maximum absolute atomic E-state index is 13.4. The van der Waals surface area contributed by atoms with E-state index in [9.17, 15) is 8.78 Å². The van der Waals surface area contributed by atoms with Crippen molar-refractivity contribution in [2.75, 3.05) is 0 Å². The zero-order chi connectivity index (χ0) is 10.8. The molecule has 2 rings (SSSR count). The minimum Gasteiger partial charge on any atom is -0.245 e. The van der Waals surface area contributed by atoms with Crippen LogP contribution < -0.4 is 0 Å². The monoisotopic (exact) mass is 225 g/mol. The zero-order valence-electron chi connectivity index (χ0n) is 7.55. The third-order valence-corrected chi connectivity index (χ3v) is 2.20. The van der Waals surface area contributed by atoms with Gasteiger partial charge in [0.15, 0.2) is 11.6 Å². The van der Waals surface area contributed by atoms with Crippen molar-refractivity contribution in [1.82, 2.24) is 4.98 Å². The van der Waals surface area contributed by atoms with Gasteiger partial charge in [0.1, 0.15) is 5.15 Å². The normalized spacial score (nSPS) is 10.3. The summed E-state index contributed by atoms with van der Waals surface area (Å²) in [5.41, 5.74) is 0.686. The third-order valence-electron chi connectivity index (χ3n) is 1.99.